The number of hydrogen-bond acceptors (Lipinski definition) is 5. The molecule has 0 spiro atoms. The lowest BCUT2D eigenvalue weighted by Gasteiger charge is -2.36. The van der Waals surface area contributed by atoms with Gasteiger partial charge in [0, 0.05) is 32.7 Å². The highest BCUT2D eigenvalue weighted by atomic mass is 16.6. The highest BCUT2D eigenvalue weighted by Crippen LogP contribution is 2.25. The number of carbonyl (C=O) groups excluding carboxylic acids is 1. The van der Waals surface area contributed by atoms with Crippen LogP contribution in [0.1, 0.15) is 29.9 Å². The summed E-state index contributed by atoms with van der Waals surface area (Å²) in [5.74, 6) is -0.0464. The lowest BCUT2D eigenvalue weighted by Crippen LogP contribution is -2.50. The predicted molar refractivity (Wildman–Crippen MR) is 101 cm³/mol. The van der Waals surface area contributed by atoms with Crippen molar-refractivity contribution in [3.8, 4) is 0 Å². The van der Waals surface area contributed by atoms with Gasteiger partial charge in [-0.2, -0.15) is 5.10 Å². The van der Waals surface area contributed by atoms with Gasteiger partial charge in [0.05, 0.1) is 4.92 Å². The van der Waals surface area contributed by atoms with Crippen molar-refractivity contribution in [2.45, 2.75) is 33.4 Å². The molecule has 144 valence electrons. The van der Waals surface area contributed by atoms with E-state index < -0.39 is 11.0 Å². The smallest absolute Gasteiger partial charge is 0.312 e. The van der Waals surface area contributed by atoms with Gasteiger partial charge in [-0.1, -0.05) is 30.3 Å². The van der Waals surface area contributed by atoms with Crippen molar-refractivity contribution in [3.63, 3.8) is 0 Å². The molecule has 1 saturated heterocycles. The Labute approximate surface area is 158 Å². The molecular weight excluding hydrogens is 346 g/mol. The van der Waals surface area contributed by atoms with Crippen LogP contribution >= 0.6 is 0 Å². The zero-order chi connectivity index (χ0) is 19.6. The van der Waals surface area contributed by atoms with Gasteiger partial charge in [-0.3, -0.25) is 24.5 Å². The van der Waals surface area contributed by atoms with E-state index in [-0.39, 0.29) is 11.6 Å². The van der Waals surface area contributed by atoms with Crippen LogP contribution in [0, 0.1) is 24.0 Å². The largest absolute Gasteiger partial charge is 0.338 e. The number of carbonyl (C=O) groups is 1. The van der Waals surface area contributed by atoms with Crippen molar-refractivity contribution in [2.75, 3.05) is 26.2 Å². The summed E-state index contributed by atoms with van der Waals surface area (Å²) in [6, 6.07) is 9.72. The first-order valence-corrected chi connectivity index (χ1v) is 9.13. The van der Waals surface area contributed by atoms with Crippen LogP contribution in [-0.2, 0) is 11.3 Å². The summed E-state index contributed by atoms with van der Waals surface area (Å²) in [6.07, 6.45) is 0. The molecule has 1 aromatic heterocycles. The Kier molecular flexibility index (Phi) is 5.55. The maximum atomic E-state index is 12.9. The standard InChI is InChI=1S/C19H25N5O3/c1-14-18(24(26)27)15(2)23(20-14)16(3)19(25)22-11-9-21(10-12-22)13-17-7-5-4-6-8-17/h4-8,16H,9-13H2,1-3H3/t16-/m1/s1. The van der Waals surface area contributed by atoms with E-state index in [1.165, 1.54) is 10.2 Å². The van der Waals surface area contributed by atoms with Gasteiger partial charge in [0.2, 0.25) is 5.91 Å². The van der Waals surface area contributed by atoms with Gasteiger partial charge in [-0.25, -0.2) is 0 Å². The van der Waals surface area contributed by atoms with E-state index in [0.717, 1.165) is 19.6 Å². The summed E-state index contributed by atoms with van der Waals surface area (Å²) in [6.45, 7) is 8.79. The molecule has 2 heterocycles. The molecule has 0 N–H and O–H groups in total. The minimum Gasteiger partial charge on any atom is -0.338 e. The number of nitro groups is 1. The van der Waals surface area contributed by atoms with Gasteiger partial charge in [-0.05, 0) is 26.3 Å². The highest BCUT2D eigenvalue weighted by Gasteiger charge is 2.30. The number of nitrogens with zero attached hydrogens (tertiary/aromatic N) is 5. The van der Waals surface area contributed by atoms with Crippen molar-refractivity contribution in [2.24, 2.45) is 0 Å². The van der Waals surface area contributed by atoms with Crippen LogP contribution in [0.3, 0.4) is 0 Å². The molecule has 2 aromatic rings. The van der Waals surface area contributed by atoms with Gasteiger partial charge in [-0.15, -0.1) is 0 Å². The molecule has 0 saturated carbocycles. The molecule has 0 aliphatic carbocycles. The average molecular weight is 371 g/mol. The summed E-state index contributed by atoms with van der Waals surface area (Å²) >= 11 is 0. The molecule has 3 rings (SSSR count). The third-order valence-corrected chi connectivity index (χ3v) is 5.13. The minimum absolute atomic E-state index is 0.0117. The first-order valence-electron chi connectivity index (χ1n) is 9.13. The van der Waals surface area contributed by atoms with Crippen molar-refractivity contribution in [1.29, 1.82) is 0 Å². The lowest BCUT2D eigenvalue weighted by molar-refractivity contribution is -0.386. The SMILES string of the molecule is Cc1nn([C@H](C)C(=O)N2CCN(Cc3ccccc3)CC2)c(C)c1[N+](=O)[O-]. The quantitative estimate of drug-likeness (QED) is 0.595. The number of aromatic nitrogens is 2. The topological polar surface area (TPSA) is 84.5 Å². The molecule has 1 atom stereocenters. The van der Waals surface area contributed by atoms with E-state index in [0.29, 0.717) is 24.5 Å². The molecule has 0 unspecified atom stereocenters. The minimum atomic E-state index is -0.557. The van der Waals surface area contributed by atoms with Gasteiger partial charge >= 0.3 is 5.69 Å². The van der Waals surface area contributed by atoms with Gasteiger partial charge < -0.3 is 4.90 Å². The van der Waals surface area contributed by atoms with Crippen LogP contribution < -0.4 is 0 Å². The van der Waals surface area contributed by atoms with Crippen LogP contribution in [0.15, 0.2) is 30.3 Å². The Bertz CT molecular complexity index is 825. The molecule has 1 amide bonds. The molecule has 1 fully saturated rings. The van der Waals surface area contributed by atoms with Gasteiger partial charge in [0.15, 0.2) is 0 Å². The number of rotatable bonds is 5. The molecule has 0 bridgehead atoms. The third-order valence-electron chi connectivity index (χ3n) is 5.13. The maximum Gasteiger partial charge on any atom is 0.312 e. The van der Waals surface area contributed by atoms with E-state index in [1.807, 2.05) is 23.1 Å². The van der Waals surface area contributed by atoms with E-state index in [4.69, 9.17) is 0 Å². The summed E-state index contributed by atoms with van der Waals surface area (Å²) in [5, 5.41) is 15.4. The second-order valence-electron chi connectivity index (χ2n) is 6.98. The Hall–Kier alpha value is -2.74. The summed E-state index contributed by atoms with van der Waals surface area (Å²) in [5.41, 5.74) is 2.01. The molecule has 8 heteroatoms. The first kappa shape index (κ1) is 19.0. The highest BCUT2D eigenvalue weighted by molar-refractivity contribution is 5.80. The van der Waals surface area contributed by atoms with E-state index in [9.17, 15) is 14.9 Å². The summed E-state index contributed by atoms with van der Waals surface area (Å²) in [7, 11) is 0. The summed E-state index contributed by atoms with van der Waals surface area (Å²) < 4.78 is 1.48. The van der Waals surface area contributed by atoms with E-state index in [1.54, 1.807) is 20.8 Å². The monoisotopic (exact) mass is 371 g/mol. The molecule has 1 aliphatic heterocycles. The fourth-order valence-corrected chi connectivity index (χ4v) is 3.63. The number of aryl methyl sites for hydroxylation is 1. The lowest BCUT2D eigenvalue weighted by atomic mass is 10.2. The second-order valence-corrected chi connectivity index (χ2v) is 6.98. The van der Waals surface area contributed by atoms with Gasteiger partial charge in [0.25, 0.3) is 0 Å². The number of amides is 1. The Morgan fingerprint density at radius 3 is 2.37 bits per heavy atom. The number of piperazine rings is 1. The zero-order valence-corrected chi connectivity index (χ0v) is 16.0. The van der Waals surface area contributed by atoms with Crippen LogP contribution in [0.5, 0.6) is 0 Å². The molecule has 27 heavy (non-hydrogen) atoms. The van der Waals surface area contributed by atoms with Crippen LogP contribution in [-0.4, -0.2) is 56.6 Å². The summed E-state index contributed by atoms with van der Waals surface area (Å²) in [4.78, 5) is 27.8. The fraction of sp³-hybridized carbons (Fsp3) is 0.474. The maximum absolute atomic E-state index is 12.9. The third kappa shape index (κ3) is 4.00. The normalized spacial score (nSPS) is 16.3. The molecule has 1 aromatic carbocycles. The van der Waals surface area contributed by atoms with Crippen LogP contribution in [0.2, 0.25) is 0 Å². The predicted octanol–water partition coefficient (Wildman–Crippen LogP) is 2.31. The molecular formula is C19H25N5O3. The van der Waals surface area contributed by atoms with E-state index in [2.05, 4.69) is 22.1 Å². The Morgan fingerprint density at radius 1 is 1.19 bits per heavy atom. The average Bonchev–Trinajstić information content (AvgIpc) is 2.96. The fourth-order valence-electron chi connectivity index (χ4n) is 3.63. The number of benzene rings is 1. The zero-order valence-electron chi connectivity index (χ0n) is 16.0. The Balaban J connectivity index is 1.62. The van der Waals surface area contributed by atoms with Crippen LogP contribution in [0.25, 0.3) is 0 Å². The van der Waals surface area contributed by atoms with E-state index >= 15 is 0 Å². The van der Waals surface area contributed by atoms with Crippen molar-refractivity contribution < 1.29 is 9.72 Å². The molecule has 8 nitrogen and oxygen atoms in total. The molecule has 1 aliphatic rings. The second kappa shape index (κ2) is 7.87. The Morgan fingerprint density at radius 2 is 1.81 bits per heavy atom. The first-order chi connectivity index (χ1) is 12.9. The van der Waals surface area contributed by atoms with Crippen molar-refractivity contribution in [1.82, 2.24) is 19.6 Å². The van der Waals surface area contributed by atoms with Gasteiger partial charge in [0.1, 0.15) is 17.4 Å². The molecule has 0 radical (unpaired) electrons. The van der Waals surface area contributed by atoms with Crippen molar-refractivity contribution in [3.05, 3.63) is 57.4 Å². The number of hydrogen-bond donors (Lipinski definition) is 0. The van der Waals surface area contributed by atoms with Crippen LogP contribution in [0.4, 0.5) is 5.69 Å². The van der Waals surface area contributed by atoms with Crippen molar-refractivity contribution >= 4 is 11.6 Å².